The van der Waals surface area contributed by atoms with E-state index < -0.39 is 0 Å². The molecule has 6 heteroatoms. The summed E-state index contributed by atoms with van der Waals surface area (Å²) in [5, 5.41) is 3.03. The number of fused-ring (bicyclic) bond motifs is 1. The number of anilines is 1. The first-order valence-electron chi connectivity index (χ1n) is 9.18. The van der Waals surface area contributed by atoms with Crippen molar-refractivity contribution in [2.45, 2.75) is 6.92 Å². The molecule has 146 valence electrons. The third kappa shape index (κ3) is 3.52. The summed E-state index contributed by atoms with van der Waals surface area (Å²) in [5.41, 5.74) is 3.78. The molecule has 0 spiro atoms. The SMILES string of the molecule is COc1ccc(C(=O)Nc2c(-c3ccccc3OC)nc3ccc(C)cn23)cc1. The highest BCUT2D eigenvalue weighted by atomic mass is 16.5. The van der Waals surface area contributed by atoms with Gasteiger partial charge in [-0.2, -0.15) is 0 Å². The number of nitrogens with one attached hydrogen (secondary N) is 1. The molecule has 0 unspecified atom stereocenters. The number of ether oxygens (including phenoxy) is 2. The largest absolute Gasteiger partial charge is 0.497 e. The van der Waals surface area contributed by atoms with Gasteiger partial charge in [-0.1, -0.05) is 18.2 Å². The number of hydrogen-bond acceptors (Lipinski definition) is 4. The van der Waals surface area contributed by atoms with Crippen molar-refractivity contribution in [1.82, 2.24) is 9.38 Å². The number of imidazole rings is 1. The molecule has 0 saturated carbocycles. The van der Waals surface area contributed by atoms with E-state index >= 15 is 0 Å². The first-order valence-corrected chi connectivity index (χ1v) is 9.18. The van der Waals surface area contributed by atoms with E-state index in [4.69, 9.17) is 14.5 Å². The maximum Gasteiger partial charge on any atom is 0.256 e. The van der Waals surface area contributed by atoms with Gasteiger partial charge >= 0.3 is 0 Å². The van der Waals surface area contributed by atoms with E-state index in [1.807, 2.05) is 53.9 Å². The topological polar surface area (TPSA) is 64.9 Å². The molecule has 4 rings (SSSR count). The van der Waals surface area contributed by atoms with Crippen LogP contribution in [0.5, 0.6) is 11.5 Å². The Morgan fingerprint density at radius 1 is 0.966 bits per heavy atom. The lowest BCUT2D eigenvalue weighted by molar-refractivity contribution is 0.102. The van der Waals surface area contributed by atoms with Gasteiger partial charge in [0.05, 0.1) is 14.2 Å². The fraction of sp³-hybridized carbons (Fsp3) is 0.130. The van der Waals surface area contributed by atoms with Crippen molar-refractivity contribution >= 4 is 17.4 Å². The second-order valence-corrected chi connectivity index (χ2v) is 6.63. The van der Waals surface area contributed by atoms with Crippen LogP contribution in [0.3, 0.4) is 0 Å². The van der Waals surface area contributed by atoms with E-state index in [2.05, 4.69) is 5.32 Å². The molecule has 0 bridgehead atoms. The molecule has 1 amide bonds. The normalized spacial score (nSPS) is 10.7. The van der Waals surface area contributed by atoms with E-state index in [1.165, 1.54) is 0 Å². The van der Waals surface area contributed by atoms with Gasteiger partial charge in [0.2, 0.25) is 0 Å². The molecule has 0 atom stereocenters. The van der Waals surface area contributed by atoms with Crippen molar-refractivity contribution in [3.63, 3.8) is 0 Å². The van der Waals surface area contributed by atoms with Crippen LogP contribution in [0, 0.1) is 6.92 Å². The summed E-state index contributed by atoms with van der Waals surface area (Å²) in [5.74, 6) is 1.75. The summed E-state index contributed by atoms with van der Waals surface area (Å²) in [6, 6.07) is 18.5. The van der Waals surface area contributed by atoms with Gasteiger partial charge in [-0.15, -0.1) is 0 Å². The van der Waals surface area contributed by atoms with Crippen molar-refractivity contribution in [3.8, 4) is 22.8 Å². The van der Waals surface area contributed by atoms with Crippen LogP contribution in [0.4, 0.5) is 5.82 Å². The van der Waals surface area contributed by atoms with Gasteiger partial charge in [0.1, 0.15) is 28.7 Å². The Morgan fingerprint density at radius 3 is 2.45 bits per heavy atom. The lowest BCUT2D eigenvalue weighted by atomic mass is 10.1. The molecule has 0 aliphatic carbocycles. The summed E-state index contributed by atoms with van der Waals surface area (Å²) in [4.78, 5) is 17.7. The summed E-state index contributed by atoms with van der Waals surface area (Å²) >= 11 is 0. The van der Waals surface area contributed by atoms with Crippen LogP contribution in [0.2, 0.25) is 0 Å². The zero-order chi connectivity index (χ0) is 20.4. The molecule has 0 saturated heterocycles. The molecule has 0 aliphatic heterocycles. The Balaban J connectivity index is 1.83. The molecule has 1 N–H and O–H groups in total. The first kappa shape index (κ1) is 18.6. The number of hydrogen-bond donors (Lipinski definition) is 1. The van der Waals surface area contributed by atoms with Gasteiger partial charge in [0.15, 0.2) is 0 Å². The second-order valence-electron chi connectivity index (χ2n) is 6.63. The molecule has 2 aromatic heterocycles. The molecule has 0 aliphatic rings. The maximum atomic E-state index is 13.0. The highest BCUT2D eigenvalue weighted by molar-refractivity contribution is 6.06. The van der Waals surface area contributed by atoms with E-state index in [9.17, 15) is 4.79 Å². The fourth-order valence-electron chi connectivity index (χ4n) is 3.22. The summed E-state index contributed by atoms with van der Waals surface area (Å²) in [7, 11) is 3.21. The minimum Gasteiger partial charge on any atom is -0.497 e. The monoisotopic (exact) mass is 387 g/mol. The van der Waals surface area contributed by atoms with Crippen LogP contribution in [-0.4, -0.2) is 29.5 Å². The quantitative estimate of drug-likeness (QED) is 0.544. The number of benzene rings is 2. The van der Waals surface area contributed by atoms with Crippen LogP contribution in [0.25, 0.3) is 16.9 Å². The molecule has 4 aromatic rings. The van der Waals surface area contributed by atoms with E-state index in [1.54, 1.807) is 38.5 Å². The molecule has 29 heavy (non-hydrogen) atoms. The molecule has 0 fully saturated rings. The first-order chi connectivity index (χ1) is 14.1. The number of pyridine rings is 1. The van der Waals surface area contributed by atoms with Gasteiger partial charge in [0, 0.05) is 17.3 Å². The Bertz CT molecular complexity index is 1180. The number of nitrogens with zero attached hydrogens (tertiary/aromatic N) is 2. The Hall–Kier alpha value is -3.80. The Morgan fingerprint density at radius 2 is 1.72 bits per heavy atom. The number of carbonyl (C=O) groups is 1. The Kier molecular flexibility index (Phi) is 4.91. The zero-order valence-electron chi connectivity index (χ0n) is 16.5. The van der Waals surface area contributed by atoms with Crippen molar-refractivity contribution in [1.29, 1.82) is 0 Å². The van der Waals surface area contributed by atoms with Crippen molar-refractivity contribution < 1.29 is 14.3 Å². The lowest BCUT2D eigenvalue weighted by Gasteiger charge is -2.11. The molecular formula is C23H21N3O3. The van der Waals surface area contributed by atoms with Crippen LogP contribution >= 0.6 is 0 Å². The van der Waals surface area contributed by atoms with E-state index in [0.717, 1.165) is 16.8 Å². The number of aromatic nitrogens is 2. The van der Waals surface area contributed by atoms with Gasteiger partial charge in [-0.25, -0.2) is 4.98 Å². The second kappa shape index (κ2) is 7.67. The minimum atomic E-state index is -0.230. The number of amides is 1. The van der Waals surface area contributed by atoms with Crippen LogP contribution in [0.15, 0.2) is 66.9 Å². The average molecular weight is 387 g/mol. The zero-order valence-corrected chi connectivity index (χ0v) is 16.5. The minimum absolute atomic E-state index is 0.230. The van der Waals surface area contributed by atoms with Gasteiger partial charge in [0.25, 0.3) is 5.91 Å². The summed E-state index contributed by atoms with van der Waals surface area (Å²) < 4.78 is 12.6. The number of para-hydroxylation sites is 1. The van der Waals surface area contributed by atoms with Crippen molar-refractivity contribution in [2.24, 2.45) is 0 Å². The van der Waals surface area contributed by atoms with E-state index in [0.29, 0.717) is 28.6 Å². The third-order valence-electron chi connectivity index (χ3n) is 4.71. The smallest absolute Gasteiger partial charge is 0.256 e. The molecule has 6 nitrogen and oxygen atoms in total. The summed E-state index contributed by atoms with van der Waals surface area (Å²) in [6.07, 6.45) is 1.95. The predicted molar refractivity (Wildman–Crippen MR) is 113 cm³/mol. The number of carbonyl (C=O) groups excluding carboxylic acids is 1. The van der Waals surface area contributed by atoms with Crippen molar-refractivity contribution in [3.05, 3.63) is 78.0 Å². The third-order valence-corrected chi connectivity index (χ3v) is 4.71. The summed E-state index contributed by atoms with van der Waals surface area (Å²) in [6.45, 7) is 2.00. The number of rotatable bonds is 5. The number of methoxy groups -OCH3 is 2. The molecule has 2 heterocycles. The highest BCUT2D eigenvalue weighted by Crippen LogP contribution is 2.35. The van der Waals surface area contributed by atoms with Crippen molar-refractivity contribution in [2.75, 3.05) is 19.5 Å². The number of aryl methyl sites for hydroxylation is 1. The Labute approximate surface area is 168 Å². The highest BCUT2D eigenvalue weighted by Gasteiger charge is 2.20. The van der Waals surface area contributed by atoms with Crippen LogP contribution in [0.1, 0.15) is 15.9 Å². The fourth-order valence-corrected chi connectivity index (χ4v) is 3.22. The maximum absolute atomic E-state index is 13.0. The molecular weight excluding hydrogens is 366 g/mol. The predicted octanol–water partition coefficient (Wildman–Crippen LogP) is 4.58. The molecule has 0 radical (unpaired) electrons. The average Bonchev–Trinajstić information content (AvgIpc) is 3.11. The van der Waals surface area contributed by atoms with Gasteiger partial charge in [-0.3, -0.25) is 9.20 Å². The molecule has 2 aromatic carbocycles. The van der Waals surface area contributed by atoms with E-state index in [-0.39, 0.29) is 5.91 Å². The van der Waals surface area contributed by atoms with Gasteiger partial charge in [-0.05, 0) is 55.0 Å². The standard InChI is InChI=1S/C23H21N3O3/c1-15-8-13-20-24-21(18-6-4-5-7-19(18)29-3)22(26(20)14-15)25-23(27)16-9-11-17(28-2)12-10-16/h4-14H,1-3H3,(H,25,27). The van der Waals surface area contributed by atoms with Crippen LogP contribution < -0.4 is 14.8 Å². The van der Waals surface area contributed by atoms with Gasteiger partial charge < -0.3 is 14.8 Å². The lowest BCUT2D eigenvalue weighted by Crippen LogP contribution is -2.14. The van der Waals surface area contributed by atoms with Crippen LogP contribution in [-0.2, 0) is 0 Å².